The average Bonchev–Trinajstić information content (AvgIpc) is 3.13. The molecule has 5 nitrogen and oxygen atoms in total. The van der Waals surface area contributed by atoms with Crippen molar-refractivity contribution >= 4 is 20.8 Å². The van der Waals surface area contributed by atoms with Crippen molar-refractivity contribution in [3.8, 4) is 11.3 Å². The molecule has 3 aromatic carbocycles. The van der Waals surface area contributed by atoms with E-state index in [1.165, 1.54) is 6.20 Å². The van der Waals surface area contributed by atoms with Gasteiger partial charge in [-0.25, -0.2) is 0 Å². The van der Waals surface area contributed by atoms with Crippen molar-refractivity contribution in [3.05, 3.63) is 79.0 Å². The van der Waals surface area contributed by atoms with Crippen molar-refractivity contribution < 1.29 is 8.42 Å². The van der Waals surface area contributed by atoms with Crippen LogP contribution in [0.15, 0.2) is 83.9 Å². The molecule has 0 bridgehead atoms. The molecule has 4 aromatic rings. The Morgan fingerprint density at radius 2 is 1.50 bits per heavy atom. The van der Waals surface area contributed by atoms with Gasteiger partial charge in [0.05, 0.1) is 11.1 Å². The summed E-state index contributed by atoms with van der Waals surface area (Å²) in [5.41, 5.74) is 1.33. The first kappa shape index (κ1) is 14.6. The highest BCUT2D eigenvalue weighted by molar-refractivity contribution is 7.89. The summed E-state index contributed by atoms with van der Waals surface area (Å²) in [6.07, 6.45) is 1.45. The fraction of sp³-hybridized carbons (Fsp3) is 0. The Labute approximate surface area is 139 Å². The predicted octanol–water partition coefficient (Wildman–Crippen LogP) is 3.34. The van der Waals surface area contributed by atoms with E-state index in [0.717, 1.165) is 20.5 Å². The maximum Gasteiger partial charge on any atom is 0.299 e. The number of fused-ring (bicyclic) bond motifs is 1. The second kappa shape index (κ2) is 5.58. The molecule has 118 valence electrons. The third-order valence-corrected chi connectivity index (χ3v) is 5.23. The van der Waals surface area contributed by atoms with Crippen molar-refractivity contribution in [1.82, 2.24) is 14.4 Å². The van der Waals surface area contributed by atoms with Gasteiger partial charge in [-0.2, -0.15) is 8.42 Å². The van der Waals surface area contributed by atoms with Gasteiger partial charge in [-0.1, -0.05) is 64.9 Å². The zero-order chi connectivity index (χ0) is 16.6. The minimum atomic E-state index is -3.82. The van der Waals surface area contributed by atoms with Crippen molar-refractivity contribution in [2.24, 2.45) is 0 Å². The first-order valence-corrected chi connectivity index (χ1v) is 8.81. The molecule has 1 aromatic heterocycles. The molecule has 0 aliphatic carbocycles. The Balaban J connectivity index is 1.78. The molecule has 0 radical (unpaired) electrons. The topological polar surface area (TPSA) is 64.8 Å². The monoisotopic (exact) mass is 335 g/mol. The van der Waals surface area contributed by atoms with Crippen LogP contribution < -0.4 is 0 Å². The summed E-state index contributed by atoms with van der Waals surface area (Å²) >= 11 is 0. The number of aromatic nitrogens is 3. The number of nitrogens with zero attached hydrogens (tertiary/aromatic N) is 3. The van der Waals surface area contributed by atoms with E-state index in [4.69, 9.17) is 0 Å². The van der Waals surface area contributed by atoms with Crippen LogP contribution in [0.1, 0.15) is 0 Å². The molecule has 0 unspecified atom stereocenters. The second-order valence-corrected chi connectivity index (χ2v) is 7.08. The molecule has 0 fully saturated rings. The highest BCUT2D eigenvalue weighted by Gasteiger charge is 2.20. The van der Waals surface area contributed by atoms with E-state index in [1.54, 1.807) is 18.2 Å². The van der Waals surface area contributed by atoms with E-state index >= 15 is 0 Å². The highest BCUT2D eigenvalue weighted by atomic mass is 32.2. The number of rotatable bonds is 3. The Bertz CT molecular complexity index is 1120. The minimum absolute atomic E-state index is 0.163. The average molecular weight is 335 g/mol. The zero-order valence-electron chi connectivity index (χ0n) is 12.6. The molecule has 0 saturated carbocycles. The first-order chi connectivity index (χ1) is 11.6. The van der Waals surface area contributed by atoms with Crippen molar-refractivity contribution in [1.29, 1.82) is 0 Å². The van der Waals surface area contributed by atoms with Gasteiger partial charge in [0.15, 0.2) is 0 Å². The Morgan fingerprint density at radius 3 is 2.29 bits per heavy atom. The fourth-order valence-corrected chi connectivity index (χ4v) is 3.60. The summed E-state index contributed by atoms with van der Waals surface area (Å²) in [4.78, 5) is 0.163. The fourth-order valence-electron chi connectivity index (χ4n) is 2.53. The van der Waals surface area contributed by atoms with E-state index in [2.05, 4.69) is 10.2 Å². The third kappa shape index (κ3) is 2.47. The highest BCUT2D eigenvalue weighted by Crippen LogP contribution is 2.21. The van der Waals surface area contributed by atoms with Crippen molar-refractivity contribution in [3.63, 3.8) is 0 Å². The first-order valence-electron chi connectivity index (χ1n) is 7.37. The summed E-state index contributed by atoms with van der Waals surface area (Å²) in [6, 6.07) is 21.9. The van der Waals surface area contributed by atoms with Gasteiger partial charge >= 0.3 is 0 Å². The molecule has 6 heteroatoms. The van der Waals surface area contributed by atoms with Gasteiger partial charge in [0.1, 0.15) is 5.69 Å². The van der Waals surface area contributed by atoms with Crippen molar-refractivity contribution in [2.75, 3.05) is 0 Å². The summed E-state index contributed by atoms with van der Waals surface area (Å²) in [5.74, 6) is 0. The van der Waals surface area contributed by atoms with Crippen LogP contribution in [-0.4, -0.2) is 22.8 Å². The summed E-state index contributed by atoms with van der Waals surface area (Å²) in [7, 11) is -3.82. The normalized spacial score (nSPS) is 11.7. The van der Waals surface area contributed by atoms with E-state index in [-0.39, 0.29) is 4.90 Å². The molecular formula is C18H13N3O2S. The Hall–Kier alpha value is -2.99. The van der Waals surface area contributed by atoms with Gasteiger partial charge in [-0.3, -0.25) is 0 Å². The Morgan fingerprint density at radius 1 is 0.792 bits per heavy atom. The summed E-state index contributed by atoms with van der Waals surface area (Å²) < 4.78 is 26.3. The van der Waals surface area contributed by atoms with Gasteiger partial charge in [0, 0.05) is 5.56 Å². The molecule has 0 aliphatic heterocycles. The van der Waals surface area contributed by atoms with Crippen LogP contribution in [0.25, 0.3) is 22.0 Å². The van der Waals surface area contributed by atoms with Crippen LogP contribution in [0.2, 0.25) is 0 Å². The molecule has 0 saturated heterocycles. The predicted molar refractivity (Wildman–Crippen MR) is 92.0 cm³/mol. The standard InChI is InChI=1S/C18H13N3O2S/c22-24(23,17-11-10-14-6-4-5-9-16(14)12-17)21-19-13-18(20-21)15-7-2-1-3-8-15/h1-13H. The SMILES string of the molecule is O=S(=O)(c1ccc2ccccc2c1)n1ncc(-c2ccccc2)n1. The van der Waals surface area contributed by atoms with Gasteiger partial charge in [0.25, 0.3) is 10.0 Å². The van der Waals surface area contributed by atoms with Crippen LogP contribution in [0.4, 0.5) is 0 Å². The lowest BCUT2D eigenvalue weighted by Gasteiger charge is -2.04. The lowest BCUT2D eigenvalue weighted by molar-refractivity contribution is 0.569. The molecule has 24 heavy (non-hydrogen) atoms. The molecule has 0 amide bonds. The Kier molecular flexibility index (Phi) is 3.39. The van der Waals surface area contributed by atoms with Gasteiger partial charge in [-0.05, 0) is 22.9 Å². The molecule has 4 rings (SSSR count). The third-order valence-electron chi connectivity index (χ3n) is 3.78. The van der Waals surface area contributed by atoms with Crippen LogP contribution in [0, 0.1) is 0 Å². The summed E-state index contributed by atoms with van der Waals surface area (Å²) in [6.45, 7) is 0. The smallest absolute Gasteiger partial charge is 0.198 e. The quantitative estimate of drug-likeness (QED) is 0.576. The van der Waals surface area contributed by atoms with Crippen LogP contribution in [0.3, 0.4) is 0 Å². The maximum atomic E-state index is 12.8. The lowest BCUT2D eigenvalue weighted by atomic mass is 10.1. The maximum absolute atomic E-state index is 12.8. The second-order valence-electron chi connectivity index (χ2n) is 5.33. The molecule has 0 aliphatic rings. The van der Waals surface area contributed by atoms with Crippen LogP contribution >= 0.6 is 0 Å². The molecule has 0 N–H and O–H groups in total. The lowest BCUT2D eigenvalue weighted by Crippen LogP contribution is -2.16. The van der Waals surface area contributed by atoms with E-state index in [9.17, 15) is 8.42 Å². The van der Waals surface area contributed by atoms with Crippen LogP contribution in [0.5, 0.6) is 0 Å². The molecular weight excluding hydrogens is 322 g/mol. The molecule has 0 atom stereocenters. The van der Waals surface area contributed by atoms with Gasteiger partial charge < -0.3 is 0 Å². The molecule has 0 spiro atoms. The number of benzene rings is 3. The number of hydrogen-bond acceptors (Lipinski definition) is 4. The van der Waals surface area contributed by atoms with Crippen LogP contribution in [-0.2, 0) is 10.0 Å². The van der Waals surface area contributed by atoms with Gasteiger partial charge in [0.2, 0.25) is 0 Å². The van der Waals surface area contributed by atoms with Gasteiger partial charge in [-0.15, -0.1) is 10.2 Å². The largest absolute Gasteiger partial charge is 0.299 e. The number of hydrogen-bond donors (Lipinski definition) is 0. The molecule has 1 heterocycles. The van der Waals surface area contributed by atoms with Crippen molar-refractivity contribution in [2.45, 2.75) is 4.90 Å². The van der Waals surface area contributed by atoms with E-state index in [1.807, 2.05) is 54.6 Å². The van der Waals surface area contributed by atoms with E-state index < -0.39 is 10.0 Å². The van der Waals surface area contributed by atoms with E-state index in [0.29, 0.717) is 5.69 Å². The minimum Gasteiger partial charge on any atom is -0.198 e. The summed E-state index contributed by atoms with van der Waals surface area (Å²) in [5, 5.41) is 9.90. The zero-order valence-corrected chi connectivity index (χ0v) is 13.4.